The maximum Gasteiger partial charge on any atom is 0.446 e. The van der Waals surface area contributed by atoms with Crippen LogP contribution >= 0.6 is 11.8 Å². The van der Waals surface area contributed by atoms with Crippen LogP contribution in [-0.2, 0) is 9.84 Å². The predicted molar refractivity (Wildman–Crippen MR) is 76.9 cm³/mol. The smallest absolute Gasteiger partial charge is 0.388 e. The van der Waals surface area contributed by atoms with Crippen molar-refractivity contribution in [3.05, 3.63) is 29.8 Å². The van der Waals surface area contributed by atoms with E-state index in [4.69, 9.17) is 0 Å². The lowest BCUT2D eigenvalue weighted by molar-refractivity contribution is -0.0328. The Bertz CT molecular complexity index is 539. The highest BCUT2D eigenvalue weighted by Crippen LogP contribution is 2.37. The van der Waals surface area contributed by atoms with Gasteiger partial charge in [-0.1, -0.05) is 19.1 Å². The van der Waals surface area contributed by atoms with Gasteiger partial charge in [-0.3, -0.25) is 0 Å². The molecule has 3 nitrogen and oxygen atoms in total. The quantitative estimate of drug-likeness (QED) is 0.770. The van der Waals surface area contributed by atoms with Crippen LogP contribution in [0.25, 0.3) is 0 Å². The molecule has 0 fully saturated rings. The number of thioether (sulfide) groups is 1. The van der Waals surface area contributed by atoms with Gasteiger partial charge in [0.25, 0.3) is 0 Å². The Hall–Kier alpha value is -0.730. The Morgan fingerprint density at radius 3 is 2.29 bits per heavy atom. The molecular formula is C13H17F3O3S2. The second kappa shape index (κ2) is 7.51. The minimum absolute atomic E-state index is 0.00255. The summed E-state index contributed by atoms with van der Waals surface area (Å²) in [6, 6.07) is 5.43. The van der Waals surface area contributed by atoms with Crippen LogP contribution in [0.1, 0.15) is 31.4 Å². The SMILES string of the molecule is CCS(=O)(=O)CCCC(O)c1ccc(SC(F)(F)F)cc1. The van der Waals surface area contributed by atoms with Crippen LogP contribution < -0.4 is 0 Å². The first-order chi connectivity index (χ1) is 9.63. The van der Waals surface area contributed by atoms with Crippen LogP contribution in [-0.4, -0.2) is 30.5 Å². The molecule has 0 aromatic heterocycles. The minimum Gasteiger partial charge on any atom is -0.388 e. The van der Waals surface area contributed by atoms with Gasteiger partial charge in [0.15, 0.2) is 0 Å². The fourth-order valence-corrected chi connectivity index (χ4v) is 3.13. The van der Waals surface area contributed by atoms with E-state index in [1.165, 1.54) is 24.3 Å². The highest BCUT2D eigenvalue weighted by molar-refractivity contribution is 8.00. The number of alkyl halides is 3. The molecule has 0 aliphatic heterocycles. The molecule has 21 heavy (non-hydrogen) atoms. The first kappa shape index (κ1) is 18.3. The van der Waals surface area contributed by atoms with E-state index in [0.29, 0.717) is 12.0 Å². The number of sulfone groups is 1. The van der Waals surface area contributed by atoms with Gasteiger partial charge in [0.05, 0.1) is 11.9 Å². The number of aliphatic hydroxyl groups excluding tert-OH is 1. The molecule has 8 heteroatoms. The Labute approximate surface area is 126 Å². The lowest BCUT2D eigenvalue weighted by Crippen LogP contribution is -2.10. The van der Waals surface area contributed by atoms with Gasteiger partial charge in [-0.25, -0.2) is 8.42 Å². The maximum atomic E-state index is 12.2. The molecule has 0 radical (unpaired) electrons. The molecule has 0 aliphatic carbocycles. The van der Waals surface area contributed by atoms with Crippen molar-refractivity contribution in [3.63, 3.8) is 0 Å². The lowest BCUT2D eigenvalue weighted by atomic mass is 10.1. The van der Waals surface area contributed by atoms with Crippen LogP contribution in [0.5, 0.6) is 0 Å². The van der Waals surface area contributed by atoms with Crippen molar-refractivity contribution in [3.8, 4) is 0 Å². The second-order valence-corrected chi connectivity index (χ2v) is 8.12. The van der Waals surface area contributed by atoms with E-state index in [1.807, 2.05) is 0 Å². The zero-order valence-corrected chi connectivity index (χ0v) is 13.1. The summed E-state index contributed by atoms with van der Waals surface area (Å²) in [5, 5.41) is 9.89. The van der Waals surface area contributed by atoms with Crippen molar-refractivity contribution in [1.29, 1.82) is 0 Å². The normalized spacial score (nSPS) is 14.1. The van der Waals surface area contributed by atoms with E-state index in [0.717, 1.165) is 0 Å². The number of hydrogen-bond donors (Lipinski definition) is 1. The van der Waals surface area contributed by atoms with Crippen molar-refractivity contribution in [2.24, 2.45) is 0 Å². The van der Waals surface area contributed by atoms with Gasteiger partial charge in [-0.05, 0) is 42.3 Å². The van der Waals surface area contributed by atoms with Gasteiger partial charge in [0.1, 0.15) is 9.84 Å². The fourth-order valence-electron chi connectivity index (χ4n) is 1.70. The molecule has 0 amide bonds. The van der Waals surface area contributed by atoms with E-state index in [-0.39, 0.29) is 34.6 Å². The molecule has 1 unspecified atom stereocenters. The number of benzene rings is 1. The van der Waals surface area contributed by atoms with Crippen LogP contribution in [0.3, 0.4) is 0 Å². The molecule has 0 saturated carbocycles. The van der Waals surface area contributed by atoms with Gasteiger partial charge in [-0.2, -0.15) is 13.2 Å². The van der Waals surface area contributed by atoms with E-state index in [1.54, 1.807) is 6.92 Å². The summed E-state index contributed by atoms with van der Waals surface area (Å²) >= 11 is -0.216. The standard InChI is InChI=1S/C13H17F3O3S2/c1-2-21(18,19)9-3-4-12(17)10-5-7-11(8-6-10)20-13(14,15)16/h5-8,12,17H,2-4,9H2,1H3. The van der Waals surface area contributed by atoms with Crippen molar-refractivity contribution in [1.82, 2.24) is 0 Å². The fraction of sp³-hybridized carbons (Fsp3) is 0.538. The Morgan fingerprint density at radius 1 is 1.24 bits per heavy atom. The first-order valence-corrected chi connectivity index (χ1v) is 9.01. The molecule has 1 rings (SSSR count). The molecule has 0 spiro atoms. The van der Waals surface area contributed by atoms with Gasteiger partial charge < -0.3 is 5.11 Å². The molecule has 0 heterocycles. The molecule has 120 valence electrons. The number of hydrogen-bond acceptors (Lipinski definition) is 4. The van der Waals surface area contributed by atoms with Crippen LogP contribution in [0, 0.1) is 0 Å². The molecule has 1 N–H and O–H groups in total. The predicted octanol–water partition coefficient (Wildman–Crippen LogP) is 3.55. The third-order valence-corrected chi connectivity index (χ3v) is 5.40. The van der Waals surface area contributed by atoms with Crippen molar-refractivity contribution in [2.45, 2.75) is 36.3 Å². The monoisotopic (exact) mass is 342 g/mol. The topological polar surface area (TPSA) is 54.4 Å². The highest BCUT2D eigenvalue weighted by atomic mass is 32.2. The Balaban J connectivity index is 2.53. The zero-order valence-electron chi connectivity index (χ0n) is 11.4. The van der Waals surface area contributed by atoms with Crippen LogP contribution in [0.15, 0.2) is 29.2 Å². The summed E-state index contributed by atoms with van der Waals surface area (Å²) < 4.78 is 59.1. The van der Waals surface area contributed by atoms with Crippen molar-refractivity contribution < 1.29 is 26.7 Å². The average molecular weight is 342 g/mol. The van der Waals surface area contributed by atoms with E-state index in [9.17, 15) is 26.7 Å². The number of aliphatic hydroxyl groups is 1. The van der Waals surface area contributed by atoms with E-state index < -0.39 is 21.4 Å². The third-order valence-electron chi connectivity index (χ3n) is 2.87. The van der Waals surface area contributed by atoms with Crippen molar-refractivity contribution in [2.75, 3.05) is 11.5 Å². The summed E-state index contributed by atoms with van der Waals surface area (Å²) in [4.78, 5) is 0.0482. The molecule has 1 aromatic carbocycles. The zero-order chi connectivity index (χ0) is 16.1. The number of rotatable bonds is 7. The summed E-state index contributed by atoms with van der Waals surface area (Å²) in [6.07, 6.45) is -0.302. The molecule has 0 saturated heterocycles. The largest absolute Gasteiger partial charge is 0.446 e. The van der Waals surface area contributed by atoms with Crippen LogP contribution in [0.4, 0.5) is 13.2 Å². The summed E-state index contributed by atoms with van der Waals surface area (Å²) in [7, 11) is -3.06. The molecule has 1 atom stereocenters. The van der Waals surface area contributed by atoms with Gasteiger partial charge in [-0.15, -0.1) is 0 Å². The first-order valence-electron chi connectivity index (χ1n) is 6.37. The minimum atomic E-state index is -4.34. The summed E-state index contributed by atoms with van der Waals surface area (Å²) in [6.45, 7) is 1.56. The third kappa shape index (κ3) is 7.19. The molecule has 1 aromatic rings. The average Bonchev–Trinajstić information content (AvgIpc) is 2.37. The Morgan fingerprint density at radius 2 is 1.81 bits per heavy atom. The molecule has 0 bridgehead atoms. The van der Waals surface area contributed by atoms with Gasteiger partial charge in [0.2, 0.25) is 0 Å². The highest BCUT2D eigenvalue weighted by Gasteiger charge is 2.29. The van der Waals surface area contributed by atoms with E-state index >= 15 is 0 Å². The molecule has 0 aliphatic rings. The lowest BCUT2D eigenvalue weighted by Gasteiger charge is -2.12. The maximum absolute atomic E-state index is 12.2. The Kier molecular flexibility index (Phi) is 6.55. The van der Waals surface area contributed by atoms with Crippen molar-refractivity contribution >= 4 is 21.6 Å². The summed E-state index contributed by atoms with van der Waals surface area (Å²) in [5.74, 6) is 0.0645. The second-order valence-electron chi connectivity index (χ2n) is 4.51. The van der Waals surface area contributed by atoms with Crippen LogP contribution in [0.2, 0.25) is 0 Å². The summed E-state index contributed by atoms with van der Waals surface area (Å²) in [5.41, 5.74) is -3.86. The van der Waals surface area contributed by atoms with Gasteiger partial charge >= 0.3 is 5.51 Å². The number of halogens is 3. The molecular weight excluding hydrogens is 325 g/mol. The van der Waals surface area contributed by atoms with E-state index in [2.05, 4.69) is 0 Å². The van der Waals surface area contributed by atoms with Gasteiger partial charge in [0, 0.05) is 10.6 Å².